The van der Waals surface area contributed by atoms with Gasteiger partial charge in [-0.25, -0.2) is 4.79 Å². The number of carbonyl (C=O) groups excluding carboxylic acids is 4. The Hall–Kier alpha value is -4.02. The first-order valence-corrected chi connectivity index (χ1v) is 9.82. The maximum atomic E-state index is 12.9. The van der Waals surface area contributed by atoms with Crippen LogP contribution in [0, 0.1) is 0 Å². The fourth-order valence-electron chi connectivity index (χ4n) is 3.30. The summed E-state index contributed by atoms with van der Waals surface area (Å²) in [7, 11) is 3.24. The monoisotopic (exact) mass is 460 g/mol. The van der Waals surface area contributed by atoms with Crippen LogP contribution in [0.25, 0.3) is 0 Å². The number of imide groups is 1. The molecule has 1 saturated heterocycles. The number of benzene rings is 2. The number of ether oxygens (including phenoxy) is 1. The molecule has 2 N–H and O–H groups in total. The molecule has 1 aliphatic rings. The highest BCUT2D eigenvalue weighted by molar-refractivity contribution is 6.10. The van der Waals surface area contributed by atoms with E-state index in [4.69, 9.17) is 0 Å². The van der Waals surface area contributed by atoms with Gasteiger partial charge in [-0.05, 0) is 48.9 Å². The molecule has 1 aliphatic heterocycles. The summed E-state index contributed by atoms with van der Waals surface area (Å²) in [5.74, 6) is -1.57. The van der Waals surface area contributed by atoms with Gasteiger partial charge in [0.25, 0.3) is 11.8 Å². The van der Waals surface area contributed by atoms with Crippen molar-refractivity contribution < 1.29 is 32.7 Å². The summed E-state index contributed by atoms with van der Waals surface area (Å²) in [6.07, 6.45) is 0. The molecule has 1 unspecified atom stereocenters. The summed E-state index contributed by atoms with van der Waals surface area (Å²) in [5, 5.41) is 5.11. The van der Waals surface area contributed by atoms with E-state index in [1.165, 1.54) is 48.2 Å². The van der Waals surface area contributed by atoms with Gasteiger partial charge in [0.05, 0.1) is 0 Å². The van der Waals surface area contributed by atoms with Crippen molar-refractivity contribution in [3.05, 3.63) is 59.7 Å². The zero-order valence-electron chi connectivity index (χ0n) is 18.1. The number of nitrogens with one attached hydrogen (secondary N) is 2. The van der Waals surface area contributed by atoms with E-state index in [9.17, 15) is 28.0 Å². The first-order chi connectivity index (χ1) is 15.5. The zero-order chi connectivity index (χ0) is 24.3. The Morgan fingerprint density at radius 1 is 1.09 bits per heavy atom. The number of nitrogens with zero attached hydrogens (tertiary/aromatic N) is 2. The van der Waals surface area contributed by atoms with Crippen molar-refractivity contribution in [1.29, 1.82) is 0 Å². The van der Waals surface area contributed by atoms with E-state index in [2.05, 4.69) is 15.4 Å². The Kier molecular flexibility index (Phi) is 6.61. The molecule has 0 aromatic heterocycles. The quantitative estimate of drug-likeness (QED) is 0.617. The lowest BCUT2D eigenvalue weighted by molar-refractivity contribution is -0.133. The van der Waals surface area contributed by atoms with Crippen molar-refractivity contribution >= 4 is 29.4 Å². The molecule has 1 heterocycles. The Labute approximate surface area is 188 Å². The second kappa shape index (κ2) is 9.23. The Bertz CT molecular complexity index is 1070. The summed E-state index contributed by atoms with van der Waals surface area (Å²) in [6.45, 7) is -2.07. The van der Waals surface area contributed by atoms with Crippen LogP contribution >= 0.6 is 0 Å². The molecule has 3 rings (SSSR count). The van der Waals surface area contributed by atoms with Crippen molar-refractivity contribution in [2.45, 2.75) is 19.1 Å². The molecule has 174 valence electrons. The Balaban J connectivity index is 1.67. The predicted molar refractivity (Wildman–Crippen MR) is 114 cm³/mol. The molecule has 9 nitrogen and oxygen atoms in total. The predicted octanol–water partition coefficient (Wildman–Crippen LogP) is 2.40. The molecule has 0 bridgehead atoms. The molecule has 0 spiro atoms. The van der Waals surface area contributed by atoms with Crippen LogP contribution in [0.1, 0.15) is 22.8 Å². The van der Waals surface area contributed by atoms with E-state index < -0.39 is 36.5 Å². The molecule has 2 aromatic carbocycles. The molecular formula is C22H22F2N4O5. The first kappa shape index (κ1) is 23.6. The highest BCUT2D eigenvalue weighted by Gasteiger charge is 2.49. The molecule has 5 amide bonds. The van der Waals surface area contributed by atoms with Crippen LogP contribution in [-0.2, 0) is 15.1 Å². The number of anilines is 1. The van der Waals surface area contributed by atoms with Gasteiger partial charge in [-0.15, -0.1) is 0 Å². The van der Waals surface area contributed by atoms with E-state index in [-0.39, 0.29) is 11.7 Å². The second-order valence-corrected chi connectivity index (χ2v) is 7.67. The third-order valence-corrected chi connectivity index (χ3v) is 5.06. The van der Waals surface area contributed by atoms with Gasteiger partial charge < -0.3 is 20.3 Å². The van der Waals surface area contributed by atoms with E-state index in [0.717, 1.165) is 4.90 Å². The average molecular weight is 460 g/mol. The molecular weight excluding hydrogens is 438 g/mol. The van der Waals surface area contributed by atoms with Crippen LogP contribution in [-0.4, -0.2) is 60.8 Å². The topological polar surface area (TPSA) is 108 Å². The van der Waals surface area contributed by atoms with Gasteiger partial charge in [0.15, 0.2) is 0 Å². The summed E-state index contributed by atoms with van der Waals surface area (Å²) in [4.78, 5) is 51.9. The number of alkyl halides is 2. The van der Waals surface area contributed by atoms with Crippen molar-refractivity contribution in [3.8, 4) is 5.75 Å². The minimum absolute atomic E-state index is 0.0938. The van der Waals surface area contributed by atoms with E-state index >= 15 is 0 Å². The van der Waals surface area contributed by atoms with Gasteiger partial charge in [0.2, 0.25) is 5.91 Å². The molecule has 11 heteroatoms. The normalized spacial score (nSPS) is 17.7. The van der Waals surface area contributed by atoms with Crippen LogP contribution in [0.2, 0.25) is 0 Å². The number of halogens is 2. The SMILES string of the molecule is CN(C)C(=O)c1ccc(NC(=O)CN2C(=O)NC(C)(c3ccc(OC(F)F)cc3)C2=O)cc1. The summed E-state index contributed by atoms with van der Waals surface area (Å²) in [5.41, 5.74) is -0.311. The first-order valence-electron chi connectivity index (χ1n) is 9.82. The van der Waals surface area contributed by atoms with Crippen LogP contribution in [0.4, 0.5) is 19.3 Å². The van der Waals surface area contributed by atoms with Crippen molar-refractivity contribution in [2.24, 2.45) is 0 Å². The van der Waals surface area contributed by atoms with E-state index in [0.29, 0.717) is 16.8 Å². The Morgan fingerprint density at radius 2 is 1.70 bits per heavy atom. The summed E-state index contributed by atoms with van der Waals surface area (Å²) < 4.78 is 28.9. The molecule has 0 aliphatic carbocycles. The standard InChI is InChI=1S/C22H22F2N4O5/c1-22(14-6-10-16(11-7-14)33-20(23)24)19(31)28(21(32)26-22)12-17(29)25-15-8-4-13(5-9-15)18(30)27(2)3/h4-11,20H,12H2,1-3H3,(H,25,29)(H,26,32). The largest absolute Gasteiger partial charge is 0.435 e. The average Bonchev–Trinajstić information content (AvgIpc) is 2.97. The number of urea groups is 1. The molecule has 1 atom stereocenters. The van der Waals surface area contributed by atoms with Crippen LogP contribution in [0.5, 0.6) is 5.75 Å². The van der Waals surface area contributed by atoms with Crippen LogP contribution in [0.3, 0.4) is 0 Å². The van der Waals surface area contributed by atoms with Crippen molar-refractivity contribution in [3.63, 3.8) is 0 Å². The summed E-state index contributed by atoms with van der Waals surface area (Å²) >= 11 is 0. The number of carbonyl (C=O) groups is 4. The second-order valence-electron chi connectivity index (χ2n) is 7.67. The van der Waals surface area contributed by atoms with Crippen LogP contribution in [0.15, 0.2) is 48.5 Å². The smallest absolute Gasteiger partial charge is 0.387 e. The number of rotatable bonds is 7. The maximum absolute atomic E-state index is 12.9. The zero-order valence-corrected chi connectivity index (χ0v) is 18.1. The number of hydrogen-bond acceptors (Lipinski definition) is 5. The summed E-state index contributed by atoms with van der Waals surface area (Å²) in [6, 6.07) is 10.7. The third-order valence-electron chi connectivity index (χ3n) is 5.06. The molecule has 0 radical (unpaired) electrons. The maximum Gasteiger partial charge on any atom is 0.387 e. The lowest BCUT2D eigenvalue weighted by Gasteiger charge is -2.22. The molecule has 2 aromatic rings. The molecule has 33 heavy (non-hydrogen) atoms. The van der Waals surface area contributed by atoms with Crippen LogP contribution < -0.4 is 15.4 Å². The molecule has 1 fully saturated rings. The Morgan fingerprint density at radius 3 is 2.24 bits per heavy atom. The van der Waals surface area contributed by atoms with Gasteiger partial charge in [-0.1, -0.05) is 12.1 Å². The van der Waals surface area contributed by atoms with Gasteiger partial charge in [0.1, 0.15) is 17.8 Å². The van der Waals surface area contributed by atoms with Crippen molar-refractivity contribution in [1.82, 2.24) is 15.1 Å². The fraction of sp³-hybridized carbons (Fsp3) is 0.273. The van der Waals surface area contributed by atoms with E-state index in [1.807, 2.05) is 0 Å². The lowest BCUT2D eigenvalue weighted by atomic mass is 9.92. The minimum atomic E-state index is -2.99. The van der Waals surface area contributed by atoms with Gasteiger partial charge >= 0.3 is 12.6 Å². The third kappa shape index (κ3) is 5.08. The van der Waals surface area contributed by atoms with Gasteiger partial charge in [-0.3, -0.25) is 19.3 Å². The van der Waals surface area contributed by atoms with E-state index in [1.54, 1.807) is 26.2 Å². The highest BCUT2D eigenvalue weighted by atomic mass is 19.3. The molecule has 0 saturated carbocycles. The highest BCUT2D eigenvalue weighted by Crippen LogP contribution is 2.30. The number of hydrogen-bond donors (Lipinski definition) is 2. The lowest BCUT2D eigenvalue weighted by Crippen LogP contribution is -2.42. The fourth-order valence-corrected chi connectivity index (χ4v) is 3.30. The van der Waals surface area contributed by atoms with Gasteiger partial charge in [-0.2, -0.15) is 8.78 Å². The van der Waals surface area contributed by atoms with Crippen molar-refractivity contribution in [2.75, 3.05) is 26.0 Å². The van der Waals surface area contributed by atoms with Gasteiger partial charge in [0, 0.05) is 25.3 Å². The number of amides is 5. The minimum Gasteiger partial charge on any atom is -0.435 e.